The fourth-order valence-corrected chi connectivity index (χ4v) is 8.28. The van der Waals surface area contributed by atoms with Crippen molar-refractivity contribution in [2.24, 2.45) is 0 Å². The minimum Gasteiger partial charge on any atom is -0.456 e. The molecule has 0 bridgehead atoms. The Morgan fingerprint density at radius 2 is 1.17 bits per heavy atom. The molecule has 1 aliphatic carbocycles. The van der Waals surface area contributed by atoms with Gasteiger partial charge in [0.2, 0.25) is 0 Å². The molecular weight excluding hydrogens is 626 g/mol. The molecule has 0 amide bonds. The highest BCUT2D eigenvalue weighted by Gasteiger charge is 2.30. The van der Waals surface area contributed by atoms with E-state index in [-0.39, 0.29) is 5.92 Å². The summed E-state index contributed by atoms with van der Waals surface area (Å²) in [5.41, 5.74) is 14.5. The van der Waals surface area contributed by atoms with Crippen LogP contribution in [0.3, 0.4) is 0 Å². The molecule has 0 saturated heterocycles. The first kappa shape index (κ1) is 25.9. The number of furan rings is 1. The van der Waals surface area contributed by atoms with Gasteiger partial charge >= 0.3 is 0 Å². The molecule has 9 aromatic rings. The van der Waals surface area contributed by atoms with Crippen LogP contribution in [0.4, 0.5) is 0 Å². The fraction of sp³-hybridized carbons (Fsp3) is 0.0233. The molecule has 2 aromatic heterocycles. The lowest BCUT2D eigenvalue weighted by atomic mass is 9.88. The minimum absolute atomic E-state index is 0.184. The van der Waals surface area contributed by atoms with E-state index in [1.54, 1.807) is 0 Å². The highest BCUT2D eigenvalue weighted by Crippen LogP contribution is 2.49. The second kappa shape index (κ2) is 9.81. The van der Waals surface area contributed by atoms with E-state index in [1.165, 1.54) is 66.4 Å². The van der Waals surface area contributed by atoms with Gasteiger partial charge in [-0.05, 0) is 93.5 Å². The molecule has 3 heteroatoms. The molecule has 7 aromatic carbocycles. The average molecular weight is 653 g/mol. The molecule has 10 rings (SSSR count). The number of rotatable bonds is 3. The van der Waals surface area contributed by atoms with Gasteiger partial charge in [0.1, 0.15) is 11.2 Å². The van der Waals surface area contributed by atoms with Crippen molar-refractivity contribution in [3.63, 3.8) is 0 Å². The van der Waals surface area contributed by atoms with Gasteiger partial charge in [0.25, 0.3) is 0 Å². The van der Waals surface area contributed by atoms with Crippen molar-refractivity contribution in [2.75, 3.05) is 0 Å². The van der Waals surface area contributed by atoms with E-state index in [9.17, 15) is 0 Å². The summed E-state index contributed by atoms with van der Waals surface area (Å²) in [5, 5.41) is 4.81. The Balaban J connectivity index is 1.08. The predicted octanol–water partition coefficient (Wildman–Crippen LogP) is 12.3. The molecule has 0 aliphatic heterocycles. The molecule has 1 aliphatic rings. The number of nitrogens with zero attached hydrogens (tertiary/aromatic N) is 1. The van der Waals surface area contributed by atoms with Crippen LogP contribution in [0.15, 0.2) is 161 Å². The lowest BCUT2D eigenvalue weighted by Gasteiger charge is -2.16. The standard InChI is InChI=1S/C43H26BrNO/c44-37-12-7-15-41-43(37)36-25-28(19-23-40(36)46-41)27-18-22-34-35(24-27)30-8-1-2-11-33(30)42(34)26-16-20-29(21-17-26)45-38-13-5-3-9-31(38)32-10-4-6-14-39(32)45/h1-25,42H. The third kappa shape index (κ3) is 3.70. The third-order valence-electron chi connectivity index (χ3n) is 9.77. The van der Waals surface area contributed by atoms with Gasteiger partial charge in [0.05, 0.1) is 11.0 Å². The van der Waals surface area contributed by atoms with Crippen LogP contribution in [0.25, 0.3) is 71.7 Å². The molecule has 0 N–H and O–H groups in total. The SMILES string of the molecule is Brc1cccc2oc3ccc(-c4ccc5c(c4)-c4ccccc4C5c4ccc(-n5c6ccccc6c6ccccc65)cc4)cc3c12. The molecule has 2 heterocycles. The lowest BCUT2D eigenvalue weighted by Crippen LogP contribution is -2.00. The normalized spacial score (nSPS) is 14.0. The Morgan fingerprint density at radius 1 is 0.500 bits per heavy atom. The second-order valence-corrected chi connectivity index (χ2v) is 13.1. The first-order valence-electron chi connectivity index (χ1n) is 15.7. The zero-order valence-electron chi connectivity index (χ0n) is 24.7. The molecule has 0 spiro atoms. The van der Waals surface area contributed by atoms with Gasteiger partial charge in [-0.1, -0.05) is 113 Å². The van der Waals surface area contributed by atoms with E-state index < -0.39 is 0 Å². The zero-order chi connectivity index (χ0) is 30.4. The van der Waals surface area contributed by atoms with Gasteiger partial charge in [-0.3, -0.25) is 0 Å². The van der Waals surface area contributed by atoms with Gasteiger partial charge in [-0.15, -0.1) is 0 Å². The molecule has 2 nitrogen and oxygen atoms in total. The largest absolute Gasteiger partial charge is 0.456 e. The van der Waals surface area contributed by atoms with Crippen LogP contribution in [0, 0.1) is 0 Å². The second-order valence-electron chi connectivity index (χ2n) is 12.2. The van der Waals surface area contributed by atoms with Gasteiger partial charge in [-0.25, -0.2) is 0 Å². The number of halogens is 1. The summed E-state index contributed by atoms with van der Waals surface area (Å²) in [6, 6.07) is 55.1. The summed E-state index contributed by atoms with van der Waals surface area (Å²) in [6.07, 6.45) is 0. The van der Waals surface area contributed by atoms with Gasteiger partial charge < -0.3 is 8.98 Å². The highest BCUT2D eigenvalue weighted by atomic mass is 79.9. The molecule has 1 unspecified atom stereocenters. The van der Waals surface area contributed by atoms with Crippen molar-refractivity contribution in [1.29, 1.82) is 0 Å². The Morgan fingerprint density at radius 3 is 1.98 bits per heavy atom. The monoisotopic (exact) mass is 651 g/mol. The predicted molar refractivity (Wildman–Crippen MR) is 194 cm³/mol. The van der Waals surface area contributed by atoms with E-state index in [0.29, 0.717) is 0 Å². The van der Waals surface area contributed by atoms with Crippen molar-refractivity contribution in [2.45, 2.75) is 5.92 Å². The maximum absolute atomic E-state index is 6.15. The van der Waals surface area contributed by atoms with Crippen molar-refractivity contribution in [1.82, 2.24) is 4.57 Å². The molecule has 0 saturated carbocycles. The van der Waals surface area contributed by atoms with Gasteiger partial charge in [0.15, 0.2) is 0 Å². The quantitative estimate of drug-likeness (QED) is 0.186. The van der Waals surface area contributed by atoms with Crippen LogP contribution < -0.4 is 0 Å². The first-order chi connectivity index (χ1) is 22.7. The Kier molecular flexibility index (Phi) is 5.52. The lowest BCUT2D eigenvalue weighted by molar-refractivity contribution is 0.669. The summed E-state index contributed by atoms with van der Waals surface area (Å²) in [6.45, 7) is 0. The average Bonchev–Trinajstić information content (AvgIpc) is 3.76. The minimum atomic E-state index is 0.184. The number of hydrogen-bond donors (Lipinski definition) is 0. The summed E-state index contributed by atoms with van der Waals surface area (Å²) in [5.74, 6) is 0.184. The topological polar surface area (TPSA) is 18.1 Å². The van der Waals surface area contributed by atoms with E-state index in [4.69, 9.17) is 4.42 Å². The van der Waals surface area contributed by atoms with Crippen LogP contribution in [-0.2, 0) is 0 Å². The summed E-state index contributed by atoms with van der Waals surface area (Å²) in [7, 11) is 0. The van der Waals surface area contributed by atoms with Crippen molar-refractivity contribution in [3.05, 3.63) is 173 Å². The smallest absolute Gasteiger partial charge is 0.136 e. The summed E-state index contributed by atoms with van der Waals surface area (Å²) < 4.78 is 9.59. The van der Waals surface area contributed by atoms with Crippen LogP contribution in [-0.4, -0.2) is 4.57 Å². The van der Waals surface area contributed by atoms with E-state index in [0.717, 1.165) is 26.4 Å². The van der Waals surface area contributed by atoms with E-state index in [2.05, 4.69) is 160 Å². The maximum atomic E-state index is 6.15. The molecule has 1 atom stereocenters. The Hall–Kier alpha value is -5.38. The van der Waals surface area contributed by atoms with Crippen LogP contribution in [0.1, 0.15) is 22.6 Å². The number of para-hydroxylation sites is 2. The Bertz CT molecular complexity index is 2600. The van der Waals surface area contributed by atoms with Crippen LogP contribution >= 0.6 is 15.9 Å². The highest BCUT2D eigenvalue weighted by molar-refractivity contribution is 9.10. The number of hydrogen-bond acceptors (Lipinski definition) is 1. The summed E-state index contributed by atoms with van der Waals surface area (Å²) >= 11 is 3.74. The molecule has 0 fully saturated rings. The van der Waals surface area contributed by atoms with Crippen LogP contribution in [0.2, 0.25) is 0 Å². The fourth-order valence-electron chi connectivity index (χ4n) is 7.72. The molecule has 46 heavy (non-hydrogen) atoms. The van der Waals surface area contributed by atoms with Crippen molar-refractivity contribution >= 4 is 59.7 Å². The first-order valence-corrected chi connectivity index (χ1v) is 16.5. The molecule has 0 radical (unpaired) electrons. The zero-order valence-corrected chi connectivity index (χ0v) is 26.3. The van der Waals surface area contributed by atoms with Crippen molar-refractivity contribution < 1.29 is 4.42 Å². The number of aromatic nitrogens is 1. The van der Waals surface area contributed by atoms with E-state index >= 15 is 0 Å². The maximum Gasteiger partial charge on any atom is 0.136 e. The van der Waals surface area contributed by atoms with Gasteiger partial charge in [0, 0.05) is 37.6 Å². The third-order valence-corrected chi connectivity index (χ3v) is 10.4. The molecular formula is C43H26BrNO. The van der Waals surface area contributed by atoms with Crippen molar-refractivity contribution in [3.8, 4) is 27.9 Å². The van der Waals surface area contributed by atoms with Crippen LogP contribution in [0.5, 0.6) is 0 Å². The summed E-state index contributed by atoms with van der Waals surface area (Å²) in [4.78, 5) is 0. The van der Waals surface area contributed by atoms with E-state index in [1.807, 2.05) is 12.1 Å². The Labute approximate surface area is 274 Å². The molecule has 216 valence electrons. The van der Waals surface area contributed by atoms with Gasteiger partial charge in [-0.2, -0.15) is 0 Å². The number of benzene rings is 7. The number of fused-ring (bicyclic) bond motifs is 9.